The van der Waals surface area contributed by atoms with Crippen LogP contribution in [0.5, 0.6) is 5.75 Å². The van der Waals surface area contributed by atoms with Crippen LogP contribution < -0.4 is 15.4 Å². The van der Waals surface area contributed by atoms with E-state index in [2.05, 4.69) is 30.5 Å². The normalized spacial score (nSPS) is 13.5. The lowest BCUT2D eigenvalue weighted by Crippen LogP contribution is -2.37. The molecule has 2 unspecified atom stereocenters. The summed E-state index contributed by atoms with van der Waals surface area (Å²) in [4.78, 5) is 11.9. The van der Waals surface area contributed by atoms with Gasteiger partial charge in [-0.05, 0) is 32.4 Å². The second-order valence-corrected chi connectivity index (χ2v) is 5.11. The Morgan fingerprint density at radius 2 is 1.95 bits per heavy atom. The summed E-state index contributed by atoms with van der Waals surface area (Å²) in [6.45, 7) is 9.64. The summed E-state index contributed by atoms with van der Waals surface area (Å²) >= 11 is 0. The Balaban J connectivity index is 2.80. The van der Waals surface area contributed by atoms with Crippen molar-refractivity contribution in [3.8, 4) is 5.75 Å². The number of carbonyl (C=O) groups is 1. The summed E-state index contributed by atoms with van der Waals surface area (Å²) in [5, 5.41) is 6.31. The molecule has 0 saturated heterocycles. The predicted molar refractivity (Wildman–Crippen MR) is 86.5 cm³/mol. The van der Waals surface area contributed by atoms with Crippen LogP contribution in [0.3, 0.4) is 0 Å². The number of hydrogen-bond donors (Lipinski definition) is 2. The van der Waals surface area contributed by atoms with E-state index < -0.39 is 6.10 Å². The molecule has 4 nitrogen and oxygen atoms in total. The number of amides is 1. The lowest BCUT2D eigenvalue weighted by atomic mass is 10.0. The van der Waals surface area contributed by atoms with Gasteiger partial charge in [0.1, 0.15) is 5.75 Å². The van der Waals surface area contributed by atoms with Gasteiger partial charge in [0.25, 0.3) is 5.91 Å². The van der Waals surface area contributed by atoms with Gasteiger partial charge in [0, 0.05) is 18.2 Å². The highest BCUT2D eigenvalue weighted by atomic mass is 16.5. The summed E-state index contributed by atoms with van der Waals surface area (Å²) < 4.78 is 5.88. The zero-order valence-electron chi connectivity index (χ0n) is 13.6. The molecule has 1 aromatic carbocycles. The van der Waals surface area contributed by atoms with Crippen molar-refractivity contribution >= 4 is 5.91 Å². The monoisotopic (exact) mass is 292 g/mol. The number of para-hydroxylation sites is 1. The molecule has 0 fully saturated rings. The van der Waals surface area contributed by atoms with Crippen molar-refractivity contribution in [3.63, 3.8) is 0 Å². The van der Waals surface area contributed by atoms with Crippen LogP contribution in [-0.4, -0.2) is 25.1 Å². The fraction of sp³-hybridized carbons (Fsp3) is 0.588. The fourth-order valence-corrected chi connectivity index (χ4v) is 2.23. The Morgan fingerprint density at radius 1 is 1.24 bits per heavy atom. The van der Waals surface area contributed by atoms with Crippen molar-refractivity contribution in [3.05, 3.63) is 29.8 Å². The van der Waals surface area contributed by atoms with Crippen molar-refractivity contribution in [1.29, 1.82) is 0 Å². The predicted octanol–water partition coefficient (Wildman–Crippen LogP) is 3.04. The number of benzene rings is 1. The molecular formula is C17H28N2O2. The van der Waals surface area contributed by atoms with E-state index in [0.29, 0.717) is 6.54 Å². The topological polar surface area (TPSA) is 50.4 Å². The largest absolute Gasteiger partial charge is 0.481 e. The van der Waals surface area contributed by atoms with Gasteiger partial charge in [-0.15, -0.1) is 0 Å². The van der Waals surface area contributed by atoms with Gasteiger partial charge in [-0.25, -0.2) is 0 Å². The van der Waals surface area contributed by atoms with E-state index in [-0.39, 0.29) is 11.9 Å². The first-order valence-electron chi connectivity index (χ1n) is 7.90. The summed E-state index contributed by atoms with van der Waals surface area (Å²) in [7, 11) is 0. The average Bonchev–Trinajstić information content (AvgIpc) is 2.51. The van der Waals surface area contributed by atoms with Gasteiger partial charge < -0.3 is 15.4 Å². The highest BCUT2D eigenvalue weighted by Crippen LogP contribution is 2.27. The molecule has 2 N–H and O–H groups in total. The first kappa shape index (κ1) is 17.5. The Morgan fingerprint density at radius 3 is 2.57 bits per heavy atom. The van der Waals surface area contributed by atoms with Crippen LogP contribution in [0.25, 0.3) is 0 Å². The minimum Gasteiger partial charge on any atom is -0.481 e. The lowest BCUT2D eigenvalue weighted by Gasteiger charge is -2.22. The second-order valence-electron chi connectivity index (χ2n) is 5.11. The molecular weight excluding hydrogens is 264 g/mol. The van der Waals surface area contributed by atoms with E-state index in [1.54, 1.807) is 6.92 Å². The van der Waals surface area contributed by atoms with Crippen molar-refractivity contribution in [1.82, 2.24) is 10.6 Å². The molecule has 0 aliphatic heterocycles. The summed E-state index contributed by atoms with van der Waals surface area (Å²) in [5.74, 6) is 0.715. The van der Waals surface area contributed by atoms with E-state index in [0.717, 1.165) is 30.7 Å². The summed E-state index contributed by atoms with van der Waals surface area (Å²) in [5.41, 5.74) is 1.11. The van der Waals surface area contributed by atoms with Crippen molar-refractivity contribution in [2.24, 2.45) is 0 Å². The zero-order valence-corrected chi connectivity index (χ0v) is 13.6. The van der Waals surface area contributed by atoms with Gasteiger partial charge in [0.15, 0.2) is 6.10 Å². The standard InChI is InChI=1S/C17H28N2O2/c1-5-12-19-17(20)13(4)21-16-11-9-8-10-14(16)15(6-2)18-7-3/h8-11,13,15,18H,5-7,12H2,1-4H3,(H,19,20). The lowest BCUT2D eigenvalue weighted by molar-refractivity contribution is -0.127. The quantitative estimate of drug-likeness (QED) is 0.735. The molecule has 0 aliphatic carbocycles. The highest BCUT2D eigenvalue weighted by molar-refractivity contribution is 5.80. The second kappa shape index (κ2) is 9.40. The van der Waals surface area contributed by atoms with Crippen molar-refractivity contribution in [2.75, 3.05) is 13.1 Å². The van der Waals surface area contributed by atoms with Crippen LogP contribution in [0.2, 0.25) is 0 Å². The van der Waals surface area contributed by atoms with Crippen LogP contribution >= 0.6 is 0 Å². The third-order valence-electron chi connectivity index (χ3n) is 3.38. The Hall–Kier alpha value is -1.55. The fourth-order valence-electron chi connectivity index (χ4n) is 2.23. The molecule has 0 aromatic heterocycles. The zero-order chi connectivity index (χ0) is 15.7. The molecule has 0 aliphatic rings. The van der Waals surface area contributed by atoms with E-state index in [4.69, 9.17) is 4.74 Å². The SMILES string of the molecule is CCCNC(=O)C(C)Oc1ccccc1C(CC)NCC. The van der Waals surface area contributed by atoms with Gasteiger partial charge in [-0.1, -0.05) is 39.0 Å². The van der Waals surface area contributed by atoms with Gasteiger partial charge in [0.05, 0.1) is 0 Å². The molecule has 1 rings (SSSR count). The van der Waals surface area contributed by atoms with Crippen LogP contribution in [0.4, 0.5) is 0 Å². The molecule has 21 heavy (non-hydrogen) atoms. The summed E-state index contributed by atoms with van der Waals surface area (Å²) in [6.07, 6.45) is 1.41. The molecule has 4 heteroatoms. The number of hydrogen-bond acceptors (Lipinski definition) is 3. The van der Waals surface area contributed by atoms with Crippen LogP contribution in [0, 0.1) is 0 Å². The molecule has 1 amide bonds. The molecule has 0 spiro atoms. The van der Waals surface area contributed by atoms with Gasteiger partial charge in [0.2, 0.25) is 0 Å². The third kappa shape index (κ3) is 5.38. The van der Waals surface area contributed by atoms with Crippen LogP contribution in [0.1, 0.15) is 52.1 Å². The maximum Gasteiger partial charge on any atom is 0.260 e. The van der Waals surface area contributed by atoms with E-state index >= 15 is 0 Å². The third-order valence-corrected chi connectivity index (χ3v) is 3.38. The minimum absolute atomic E-state index is 0.0665. The van der Waals surface area contributed by atoms with Crippen molar-refractivity contribution in [2.45, 2.75) is 52.7 Å². The Bertz CT molecular complexity index is 435. The van der Waals surface area contributed by atoms with Crippen LogP contribution in [0.15, 0.2) is 24.3 Å². The molecule has 0 heterocycles. The van der Waals surface area contributed by atoms with Crippen molar-refractivity contribution < 1.29 is 9.53 Å². The van der Waals surface area contributed by atoms with Gasteiger partial charge in [-0.3, -0.25) is 4.79 Å². The first-order valence-corrected chi connectivity index (χ1v) is 7.90. The highest BCUT2D eigenvalue weighted by Gasteiger charge is 2.18. The number of rotatable bonds is 9. The number of nitrogens with one attached hydrogen (secondary N) is 2. The maximum absolute atomic E-state index is 11.9. The molecule has 0 radical (unpaired) electrons. The Labute approximate surface area is 128 Å². The van der Waals surface area contributed by atoms with E-state index in [1.165, 1.54) is 0 Å². The number of carbonyl (C=O) groups excluding carboxylic acids is 1. The van der Waals surface area contributed by atoms with Gasteiger partial charge >= 0.3 is 0 Å². The van der Waals surface area contributed by atoms with Gasteiger partial charge in [-0.2, -0.15) is 0 Å². The molecule has 2 atom stereocenters. The minimum atomic E-state index is -0.489. The molecule has 1 aromatic rings. The first-order chi connectivity index (χ1) is 10.1. The smallest absolute Gasteiger partial charge is 0.260 e. The maximum atomic E-state index is 11.9. The molecule has 118 valence electrons. The Kier molecular flexibility index (Phi) is 7.83. The molecule has 0 bridgehead atoms. The van der Waals surface area contributed by atoms with E-state index in [1.807, 2.05) is 25.1 Å². The van der Waals surface area contributed by atoms with Crippen LogP contribution in [-0.2, 0) is 4.79 Å². The average molecular weight is 292 g/mol. The molecule has 0 saturated carbocycles. The number of ether oxygens (including phenoxy) is 1. The van der Waals surface area contributed by atoms with E-state index in [9.17, 15) is 4.79 Å². The summed E-state index contributed by atoms with van der Waals surface area (Å²) in [6, 6.07) is 8.18.